The van der Waals surface area contributed by atoms with Gasteiger partial charge in [-0.25, -0.2) is 0 Å². The predicted molar refractivity (Wildman–Crippen MR) is 50.1 cm³/mol. The topological polar surface area (TPSA) is 21.7 Å². The summed E-state index contributed by atoms with van der Waals surface area (Å²) < 4.78 is 11.2. The van der Waals surface area contributed by atoms with Crippen molar-refractivity contribution in [3.8, 4) is 0 Å². The van der Waals surface area contributed by atoms with Gasteiger partial charge in [0.25, 0.3) is 0 Å². The van der Waals surface area contributed by atoms with Gasteiger partial charge in [0, 0.05) is 6.61 Å². The molecular weight excluding hydrogens is 201 g/mol. The second kappa shape index (κ2) is 6.00. The molecule has 5 heteroatoms. The van der Waals surface area contributed by atoms with Crippen molar-refractivity contribution < 1.29 is 9.47 Å². The zero-order valence-electron chi connectivity index (χ0n) is 7.64. The number of hydrogen-bond donors (Lipinski definition) is 0. The first kappa shape index (κ1) is 12.5. The summed E-state index contributed by atoms with van der Waals surface area (Å²) in [5.74, 6) is 0. The lowest BCUT2D eigenvalue weighted by Gasteiger charge is -2.26. The first-order chi connectivity index (χ1) is 5.50. The van der Waals surface area contributed by atoms with Gasteiger partial charge in [0.2, 0.25) is 0 Å². The highest BCUT2D eigenvalue weighted by molar-refractivity contribution is 6.34. The fourth-order valence-corrected chi connectivity index (χ4v) is 0.580. The molecule has 74 valence electrons. The smallest absolute Gasteiger partial charge is 0.146 e. The highest BCUT2D eigenvalue weighted by atomic mass is 35.5. The highest BCUT2D eigenvalue weighted by Crippen LogP contribution is 2.19. The van der Waals surface area contributed by atoms with Gasteiger partial charge in [0.05, 0.1) is 12.1 Å². The van der Waals surface area contributed by atoms with Gasteiger partial charge in [-0.1, -0.05) is 0 Å². The van der Waals surface area contributed by atoms with Crippen molar-refractivity contribution in [2.75, 3.05) is 20.0 Å². The van der Waals surface area contributed by atoms with E-state index < -0.39 is 0 Å². The summed E-state index contributed by atoms with van der Waals surface area (Å²) in [7, 11) is 0. The van der Waals surface area contributed by atoms with Gasteiger partial charge in [-0.2, -0.15) is 0 Å². The average Bonchev–Trinajstić information content (AvgIpc) is 1.98. The molecule has 0 rings (SSSR count). The Labute approximate surface area is 83.7 Å². The molecule has 0 spiro atoms. The van der Waals surface area contributed by atoms with Crippen LogP contribution in [0.15, 0.2) is 0 Å². The molecule has 0 bridgehead atoms. The van der Waals surface area contributed by atoms with Gasteiger partial charge < -0.3 is 9.47 Å². The lowest BCUT2D eigenvalue weighted by Crippen LogP contribution is -2.36. The predicted octanol–water partition coefficient (Wildman–Crippen LogP) is 2.39. The van der Waals surface area contributed by atoms with Gasteiger partial charge >= 0.3 is 0 Å². The summed E-state index contributed by atoms with van der Waals surface area (Å²) in [6.45, 7) is 7.01. The molecule has 0 aromatic carbocycles. The lowest BCUT2D eigenvalue weighted by atomic mass is 10.1. The van der Waals surface area contributed by atoms with Crippen molar-refractivity contribution in [2.24, 2.45) is 0 Å². The molecule has 0 aliphatic rings. The third kappa shape index (κ3) is 5.17. The number of ether oxygens (including phenoxy) is 2. The van der Waals surface area contributed by atoms with Crippen LogP contribution in [0, 0.1) is 0 Å². The minimum Gasteiger partial charge on any atom is -0.356 e. The van der Waals surface area contributed by atoms with Crippen LogP contribution in [0.3, 0.4) is 0 Å². The van der Waals surface area contributed by atoms with E-state index >= 15 is 0 Å². The first-order valence-electron chi connectivity index (χ1n) is 3.78. The van der Waals surface area contributed by atoms with E-state index in [1.807, 2.05) is 20.8 Å². The third-order valence-corrected chi connectivity index (χ3v) is 2.20. The van der Waals surface area contributed by atoms with Crippen LogP contribution in [0.25, 0.3) is 0 Å². The maximum absolute atomic E-state index is 5.56. The molecule has 0 N–H and O–H groups in total. The zero-order valence-corrected chi connectivity index (χ0v) is 9.15. The molecule has 0 unspecified atom stereocenters. The Kier molecular flexibility index (Phi) is 6.23. The van der Waals surface area contributed by atoms with E-state index in [9.17, 15) is 0 Å². The van der Waals surface area contributed by atoms with E-state index in [0.717, 1.165) is 3.94 Å². The standard InChI is InChI=1S/C7H15Cl2NO2/c1-4-11-6-12-5-7(2,3)10(8)9/h4-6H2,1-3H3. The maximum atomic E-state index is 5.56. The lowest BCUT2D eigenvalue weighted by molar-refractivity contribution is -0.0680. The molecule has 0 fully saturated rings. The van der Waals surface area contributed by atoms with Gasteiger partial charge in [-0.05, 0) is 44.3 Å². The van der Waals surface area contributed by atoms with Crippen LogP contribution in [0.5, 0.6) is 0 Å². The zero-order chi connectivity index (χ0) is 9.61. The van der Waals surface area contributed by atoms with Gasteiger partial charge in [-0.15, -0.1) is 3.94 Å². The highest BCUT2D eigenvalue weighted by Gasteiger charge is 2.24. The fraction of sp³-hybridized carbons (Fsp3) is 1.00. The molecule has 0 aliphatic heterocycles. The van der Waals surface area contributed by atoms with Crippen molar-refractivity contribution >= 4 is 23.6 Å². The number of hydrogen-bond acceptors (Lipinski definition) is 3. The normalized spacial score (nSPS) is 12.5. The Morgan fingerprint density at radius 2 is 1.83 bits per heavy atom. The Balaban J connectivity index is 3.47. The number of halogens is 2. The Hall–Kier alpha value is 0.460. The largest absolute Gasteiger partial charge is 0.356 e. The second-order valence-electron chi connectivity index (χ2n) is 3.00. The number of nitrogens with zero attached hydrogens (tertiary/aromatic N) is 1. The molecule has 3 nitrogen and oxygen atoms in total. The van der Waals surface area contributed by atoms with E-state index in [-0.39, 0.29) is 12.3 Å². The molecule has 0 saturated carbocycles. The van der Waals surface area contributed by atoms with Crippen molar-refractivity contribution in [3.63, 3.8) is 0 Å². The summed E-state index contributed by atoms with van der Waals surface area (Å²) in [5.41, 5.74) is -0.389. The molecular formula is C7H15Cl2NO2. The SMILES string of the molecule is CCOCOCC(C)(C)N(Cl)Cl. The molecule has 0 aromatic heterocycles. The summed E-state index contributed by atoms with van der Waals surface area (Å²) in [5, 5.41) is 0. The Bertz CT molecular complexity index is 120. The van der Waals surface area contributed by atoms with Crippen molar-refractivity contribution in [2.45, 2.75) is 26.3 Å². The van der Waals surface area contributed by atoms with Crippen LogP contribution in [0.1, 0.15) is 20.8 Å². The molecule has 0 amide bonds. The molecule has 0 saturated heterocycles. The summed E-state index contributed by atoms with van der Waals surface area (Å²) in [6.07, 6.45) is 0. The summed E-state index contributed by atoms with van der Waals surface area (Å²) in [6, 6.07) is 0. The maximum Gasteiger partial charge on any atom is 0.146 e. The van der Waals surface area contributed by atoms with Gasteiger partial charge in [0.15, 0.2) is 0 Å². The van der Waals surface area contributed by atoms with Crippen LogP contribution in [0.2, 0.25) is 0 Å². The molecule has 0 aliphatic carbocycles. The Morgan fingerprint density at radius 1 is 1.25 bits per heavy atom. The minimum atomic E-state index is -0.389. The van der Waals surface area contributed by atoms with Crippen LogP contribution < -0.4 is 0 Å². The first-order valence-corrected chi connectivity index (χ1v) is 4.45. The van der Waals surface area contributed by atoms with Crippen LogP contribution in [0.4, 0.5) is 0 Å². The second-order valence-corrected chi connectivity index (χ2v) is 3.85. The molecule has 0 heterocycles. The van der Waals surface area contributed by atoms with E-state index in [1.165, 1.54) is 0 Å². The van der Waals surface area contributed by atoms with Gasteiger partial charge in [0.1, 0.15) is 6.79 Å². The quantitative estimate of drug-likeness (QED) is 0.386. The summed E-state index contributed by atoms with van der Waals surface area (Å²) >= 11 is 11.1. The minimum absolute atomic E-state index is 0.279. The molecule has 0 radical (unpaired) electrons. The molecule has 12 heavy (non-hydrogen) atoms. The summed E-state index contributed by atoms with van der Waals surface area (Å²) in [4.78, 5) is 0. The van der Waals surface area contributed by atoms with Gasteiger partial charge in [-0.3, -0.25) is 0 Å². The van der Waals surface area contributed by atoms with E-state index in [2.05, 4.69) is 0 Å². The monoisotopic (exact) mass is 215 g/mol. The van der Waals surface area contributed by atoms with Crippen LogP contribution in [-0.4, -0.2) is 29.5 Å². The molecule has 0 aromatic rings. The molecule has 0 atom stereocenters. The van der Waals surface area contributed by atoms with Crippen LogP contribution >= 0.6 is 23.6 Å². The van der Waals surface area contributed by atoms with E-state index in [0.29, 0.717) is 13.2 Å². The van der Waals surface area contributed by atoms with Crippen molar-refractivity contribution in [1.82, 2.24) is 3.94 Å². The number of rotatable bonds is 6. The Morgan fingerprint density at radius 3 is 2.25 bits per heavy atom. The fourth-order valence-electron chi connectivity index (χ4n) is 0.482. The average molecular weight is 216 g/mol. The van der Waals surface area contributed by atoms with Crippen molar-refractivity contribution in [1.29, 1.82) is 0 Å². The van der Waals surface area contributed by atoms with E-state index in [4.69, 9.17) is 33.0 Å². The third-order valence-electron chi connectivity index (χ3n) is 1.28. The van der Waals surface area contributed by atoms with Crippen molar-refractivity contribution in [3.05, 3.63) is 0 Å². The van der Waals surface area contributed by atoms with Crippen LogP contribution in [-0.2, 0) is 9.47 Å². The van der Waals surface area contributed by atoms with E-state index in [1.54, 1.807) is 0 Å².